The fourth-order valence-corrected chi connectivity index (χ4v) is 3.75. The van der Waals surface area contributed by atoms with Crippen molar-refractivity contribution in [3.8, 4) is 10.8 Å². The molecule has 5 heteroatoms. The Morgan fingerprint density at radius 1 is 1.53 bits per heavy atom. The van der Waals surface area contributed by atoms with Crippen LogP contribution in [0.1, 0.15) is 29.5 Å². The van der Waals surface area contributed by atoms with Gasteiger partial charge in [-0.3, -0.25) is 0 Å². The molecule has 2 aromatic rings. The SMILES string of the molecule is CNC1CCCc2nc(-c3ccc(Br)o3)sc21. The number of furan rings is 1. The van der Waals surface area contributed by atoms with Gasteiger partial charge in [0.15, 0.2) is 15.4 Å². The lowest BCUT2D eigenvalue weighted by atomic mass is 9.98. The van der Waals surface area contributed by atoms with Gasteiger partial charge in [0.25, 0.3) is 0 Å². The molecule has 2 heterocycles. The third-order valence-electron chi connectivity index (χ3n) is 3.08. The van der Waals surface area contributed by atoms with Gasteiger partial charge in [-0.2, -0.15) is 0 Å². The zero-order valence-corrected chi connectivity index (χ0v) is 11.9. The van der Waals surface area contributed by atoms with Gasteiger partial charge in [-0.1, -0.05) is 0 Å². The summed E-state index contributed by atoms with van der Waals surface area (Å²) in [6.07, 6.45) is 3.50. The topological polar surface area (TPSA) is 38.1 Å². The van der Waals surface area contributed by atoms with Crippen LogP contribution in [-0.2, 0) is 6.42 Å². The monoisotopic (exact) mass is 312 g/mol. The minimum atomic E-state index is 0.461. The highest BCUT2D eigenvalue weighted by atomic mass is 79.9. The van der Waals surface area contributed by atoms with Gasteiger partial charge in [-0.05, 0) is 54.4 Å². The number of aryl methyl sites for hydroxylation is 1. The summed E-state index contributed by atoms with van der Waals surface area (Å²) in [6, 6.07) is 4.33. The number of hydrogen-bond donors (Lipinski definition) is 1. The van der Waals surface area contributed by atoms with Crippen LogP contribution in [-0.4, -0.2) is 12.0 Å². The smallest absolute Gasteiger partial charge is 0.170 e. The summed E-state index contributed by atoms with van der Waals surface area (Å²) in [7, 11) is 2.02. The highest BCUT2D eigenvalue weighted by Gasteiger charge is 2.24. The van der Waals surface area contributed by atoms with Crippen LogP contribution in [0.25, 0.3) is 10.8 Å². The molecule has 1 aliphatic rings. The highest BCUT2D eigenvalue weighted by Crippen LogP contribution is 2.38. The maximum absolute atomic E-state index is 5.56. The maximum Gasteiger partial charge on any atom is 0.170 e. The van der Waals surface area contributed by atoms with Crippen LogP contribution in [0.2, 0.25) is 0 Å². The number of halogens is 1. The quantitative estimate of drug-likeness (QED) is 0.917. The minimum absolute atomic E-state index is 0.461. The Morgan fingerprint density at radius 3 is 3.12 bits per heavy atom. The second-order valence-corrected chi connectivity index (χ2v) is 5.98. The van der Waals surface area contributed by atoms with Gasteiger partial charge >= 0.3 is 0 Å². The first-order chi connectivity index (χ1) is 8.28. The van der Waals surface area contributed by atoms with E-state index in [0.29, 0.717) is 6.04 Å². The fraction of sp³-hybridized carbons (Fsp3) is 0.417. The molecule has 1 atom stereocenters. The van der Waals surface area contributed by atoms with Crippen LogP contribution in [0.3, 0.4) is 0 Å². The standard InChI is InChI=1S/C12H13BrN2OS/c1-14-7-3-2-4-8-11(7)17-12(15-8)9-5-6-10(13)16-9/h5-7,14H,2-4H2,1H3. The maximum atomic E-state index is 5.56. The van der Waals surface area contributed by atoms with Crippen molar-refractivity contribution in [3.63, 3.8) is 0 Å². The number of thiazole rings is 1. The minimum Gasteiger partial charge on any atom is -0.447 e. The summed E-state index contributed by atoms with van der Waals surface area (Å²) in [6.45, 7) is 0. The largest absolute Gasteiger partial charge is 0.447 e. The lowest BCUT2D eigenvalue weighted by Crippen LogP contribution is -2.19. The second-order valence-electron chi connectivity index (χ2n) is 4.17. The number of aromatic nitrogens is 1. The van der Waals surface area contributed by atoms with Gasteiger partial charge in [0, 0.05) is 10.9 Å². The molecule has 90 valence electrons. The summed E-state index contributed by atoms with van der Waals surface area (Å²) >= 11 is 5.07. The van der Waals surface area contributed by atoms with Gasteiger partial charge in [0.2, 0.25) is 0 Å². The fourth-order valence-electron chi connectivity index (χ4n) is 2.23. The van der Waals surface area contributed by atoms with Gasteiger partial charge < -0.3 is 9.73 Å². The number of rotatable bonds is 2. The number of nitrogens with zero attached hydrogens (tertiary/aromatic N) is 1. The molecule has 0 amide bonds. The molecule has 3 rings (SSSR count). The normalized spacial score (nSPS) is 19.3. The van der Waals surface area contributed by atoms with Gasteiger partial charge in [-0.15, -0.1) is 11.3 Å². The number of fused-ring (bicyclic) bond motifs is 1. The predicted molar refractivity (Wildman–Crippen MR) is 72.3 cm³/mol. The number of hydrogen-bond acceptors (Lipinski definition) is 4. The molecule has 0 aromatic carbocycles. The Hall–Kier alpha value is -0.650. The van der Waals surface area contributed by atoms with E-state index in [1.54, 1.807) is 11.3 Å². The van der Waals surface area contributed by atoms with Crippen LogP contribution in [0.15, 0.2) is 21.2 Å². The Morgan fingerprint density at radius 2 is 2.41 bits per heavy atom. The van der Waals surface area contributed by atoms with Crippen molar-refractivity contribution in [2.24, 2.45) is 0 Å². The zero-order valence-electron chi connectivity index (χ0n) is 9.50. The average Bonchev–Trinajstić information content (AvgIpc) is 2.93. The molecular formula is C12H13BrN2OS. The molecule has 0 saturated heterocycles. The number of nitrogens with one attached hydrogen (secondary N) is 1. The molecule has 3 nitrogen and oxygen atoms in total. The van der Waals surface area contributed by atoms with Crippen LogP contribution in [0.5, 0.6) is 0 Å². The Labute approximate surface area is 112 Å². The molecule has 2 aromatic heterocycles. The van der Waals surface area contributed by atoms with Crippen LogP contribution < -0.4 is 5.32 Å². The summed E-state index contributed by atoms with van der Waals surface area (Å²) < 4.78 is 6.32. The van der Waals surface area contributed by atoms with Crippen molar-refractivity contribution in [2.75, 3.05) is 7.05 Å². The third-order valence-corrected chi connectivity index (χ3v) is 4.73. The molecule has 1 N–H and O–H groups in total. The van der Waals surface area contributed by atoms with E-state index in [1.165, 1.54) is 23.4 Å². The van der Waals surface area contributed by atoms with Crippen LogP contribution in [0.4, 0.5) is 0 Å². The van der Waals surface area contributed by atoms with Crippen molar-refractivity contribution in [3.05, 3.63) is 27.4 Å². The molecule has 1 unspecified atom stereocenters. The van der Waals surface area contributed by atoms with Crippen molar-refractivity contribution in [1.29, 1.82) is 0 Å². The van der Waals surface area contributed by atoms with E-state index < -0.39 is 0 Å². The summed E-state index contributed by atoms with van der Waals surface area (Å²) in [5, 5.41) is 4.35. The predicted octanol–water partition coefficient (Wildman–Crippen LogP) is 3.76. The van der Waals surface area contributed by atoms with Gasteiger partial charge in [0.05, 0.1) is 5.69 Å². The molecule has 0 radical (unpaired) electrons. The molecule has 0 spiro atoms. The van der Waals surface area contributed by atoms with E-state index in [2.05, 4.69) is 21.2 Å². The Bertz CT molecular complexity index is 534. The van der Waals surface area contributed by atoms with E-state index in [4.69, 9.17) is 9.40 Å². The Kier molecular flexibility index (Phi) is 3.06. The van der Waals surface area contributed by atoms with Gasteiger partial charge in [-0.25, -0.2) is 4.98 Å². The lowest BCUT2D eigenvalue weighted by molar-refractivity contribution is 0.501. The van der Waals surface area contributed by atoms with E-state index in [0.717, 1.165) is 21.9 Å². The molecule has 0 bridgehead atoms. The first kappa shape index (κ1) is 11.4. The molecule has 0 fully saturated rings. The zero-order chi connectivity index (χ0) is 11.8. The molecule has 0 saturated carbocycles. The first-order valence-electron chi connectivity index (χ1n) is 5.70. The summed E-state index contributed by atoms with van der Waals surface area (Å²) in [5.74, 6) is 0.853. The van der Waals surface area contributed by atoms with E-state index in [1.807, 2.05) is 19.2 Å². The first-order valence-corrected chi connectivity index (χ1v) is 7.31. The van der Waals surface area contributed by atoms with E-state index >= 15 is 0 Å². The second kappa shape index (κ2) is 4.55. The highest BCUT2D eigenvalue weighted by molar-refractivity contribution is 9.10. The van der Waals surface area contributed by atoms with E-state index in [-0.39, 0.29) is 0 Å². The van der Waals surface area contributed by atoms with Gasteiger partial charge in [0.1, 0.15) is 0 Å². The molecular weight excluding hydrogens is 300 g/mol. The third kappa shape index (κ3) is 2.07. The van der Waals surface area contributed by atoms with Crippen LogP contribution in [0, 0.1) is 0 Å². The van der Waals surface area contributed by atoms with Crippen molar-refractivity contribution < 1.29 is 4.42 Å². The molecule has 1 aliphatic carbocycles. The van der Waals surface area contributed by atoms with Crippen molar-refractivity contribution in [1.82, 2.24) is 10.3 Å². The average molecular weight is 313 g/mol. The molecule has 0 aliphatic heterocycles. The Balaban J connectivity index is 2.01. The molecule has 17 heavy (non-hydrogen) atoms. The van der Waals surface area contributed by atoms with Crippen LogP contribution >= 0.6 is 27.3 Å². The summed E-state index contributed by atoms with van der Waals surface area (Å²) in [4.78, 5) is 6.07. The van der Waals surface area contributed by atoms with E-state index in [9.17, 15) is 0 Å². The summed E-state index contributed by atoms with van der Waals surface area (Å²) in [5.41, 5.74) is 1.24. The van der Waals surface area contributed by atoms with Crippen molar-refractivity contribution in [2.45, 2.75) is 25.3 Å². The lowest BCUT2D eigenvalue weighted by Gasteiger charge is -2.19. The van der Waals surface area contributed by atoms with Crippen molar-refractivity contribution >= 4 is 27.3 Å².